The Kier molecular flexibility index (Phi) is 4.93. The molecule has 0 aliphatic heterocycles. The molecule has 0 radical (unpaired) electrons. The monoisotopic (exact) mass is 260 g/mol. The van der Waals surface area contributed by atoms with Crippen LogP contribution in [0.3, 0.4) is 0 Å². The van der Waals surface area contributed by atoms with Crippen LogP contribution in [0.1, 0.15) is 22.9 Å². The Hall–Kier alpha value is -1.16. The third-order valence-corrected chi connectivity index (χ3v) is 3.90. The van der Waals surface area contributed by atoms with Crippen molar-refractivity contribution in [2.45, 2.75) is 26.6 Å². The highest BCUT2D eigenvalue weighted by Gasteiger charge is 2.06. The second-order valence-corrected chi connectivity index (χ2v) is 5.44. The molecule has 0 saturated carbocycles. The molecule has 0 fully saturated rings. The minimum Gasteiger partial charge on any atom is -0.326 e. The Morgan fingerprint density at radius 2 is 1.94 bits per heavy atom. The van der Waals surface area contributed by atoms with Crippen molar-refractivity contribution in [1.29, 1.82) is 0 Å². The zero-order valence-corrected chi connectivity index (χ0v) is 11.6. The summed E-state index contributed by atoms with van der Waals surface area (Å²) >= 11 is 1.82. The van der Waals surface area contributed by atoms with Gasteiger partial charge in [0.15, 0.2) is 0 Å². The molecule has 96 valence electrons. The van der Waals surface area contributed by atoms with Crippen LogP contribution in [0.15, 0.2) is 41.8 Å². The van der Waals surface area contributed by atoms with Gasteiger partial charge in [-0.05, 0) is 29.1 Å². The minimum absolute atomic E-state index is 0.616. The third-order valence-electron chi connectivity index (χ3n) is 3.04. The van der Waals surface area contributed by atoms with E-state index < -0.39 is 0 Å². The van der Waals surface area contributed by atoms with Gasteiger partial charge in [-0.2, -0.15) is 0 Å². The van der Waals surface area contributed by atoms with Crippen LogP contribution in [0, 0.1) is 0 Å². The molecule has 0 aliphatic rings. The molecular weight excluding hydrogens is 240 g/mol. The minimum atomic E-state index is 0.616. The summed E-state index contributed by atoms with van der Waals surface area (Å²) in [6.07, 6.45) is 0. The lowest BCUT2D eigenvalue weighted by atomic mass is 10.1. The van der Waals surface area contributed by atoms with Gasteiger partial charge in [-0.3, -0.25) is 4.90 Å². The topological polar surface area (TPSA) is 29.3 Å². The molecular formula is C15H20N2S. The van der Waals surface area contributed by atoms with Gasteiger partial charge in [0, 0.05) is 24.5 Å². The molecule has 0 atom stereocenters. The second kappa shape index (κ2) is 6.69. The highest BCUT2D eigenvalue weighted by Crippen LogP contribution is 2.14. The Labute approximate surface area is 113 Å². The number of hydrogen-bond donors (Lipinski definition) is 1. The molecule has 0 saturated heterocycles. The van der Waals surface area contributed by atoms with Crippen LogP contribution in [0.4, 0.5) is 0 Å². The zero-order valence-electron chi connectivity index (χ0n) is 10.8. The van der Waals surface area contributed by atoms with Crippen LogP contribution in [-0.2, 0) is 19.6 Å². The van der Waals surface area contributed by atoms with Gasteiger partial charge in [-0.15, -0.1) is 11.3 Å². The highest BCUT2D eigenvalue weighted by molar-refractivity contribution is 7.09. The average Bonchev–Trinajstić information content (AvgIpc) is 2.91. The smallest absolute Gasteiger partial charge is 0.0331 e. The van der Waals surface area contributed by atoms with Gasteiger partial charge in [-0.1, -0.05) is 37.3 Å². The van der Waals surface area contributed by atoms with Crippen molar-refractivity contribution in [1.82, 2.24) is 4.90 Å². The van der Waals surface area contributed by atoms with E-state index >= 15 is 0 Å². The molecule has 2 aromatic rings. The summed E-state index contributed by atoms with van der Waals surface area (Å²) in [6.45, 7) is 5.90. The van der Waals surface area contributed by atoms with Crippen molar-refractivity contribution in [3.8, 4) is 0 Å². The quantitative estimate of drug-likeness (QED) is 0.864. The molecule has 2 N–H and O–H groups in total. The third kappa shape index (κ3) is 3.67. The van der Waals surface area contributed by atoms with Crippen LogP contribution < -0.4 is 5.73 Å². The van der Waals surface area contributed by atoms with Crippen LogP contribution >= 0.6 is 11.3 Å². The number of benzene rings is 1. The summed E-state index contributed by atoms with van der Waals surface area (Å²) in [7, 11) is 0. The van der Waals surface area contributed by atoms with Crippen molar-refractivity contribution in [2.75, 3.05) is 6.54 Å². The van der Waals surface area contributed by atoms with E-state index in [0.717, 1.165) is 19.6 Å². The fourth-order valence-corrected chi connectivity index (χ4v) is 2.76. The molecule has 0 unspecified atom stereocenters. The van der Waals surface area contributed by atoms with E-state index in [2.05, 4.69) is 53.6 Å². The Morgan fingerprint density at radius 3 is 2.61 bits per heavy atom. The van der Waals surface area contributed by atoms with E-state index in [1.807, 2.05) is 11.3 Å². The van der Waals surface area contributed by atoms with Crippen LogP contribution in [-0.4, -0.2) is 11.4 Å². The Balaban J connectivity index is 2.00. The maximum atomic E-state index is 5.68. The first-order valence-electron chi connectivity index (χ1n) is 6.34. The number of rotatable bonds is 6. The second-order valence-electron chi connectivity index (χ2n) is 4.41. The summed E-state index contributed by atoms with van der Waals surface area (Å²) in [5, 5.41) is 2.14. The molecule has 2 rings (SSSR count). The summed E-state index contributed by atoms with van der Waals surface area (Å²) < 4.78 is 0. The van der Waals surface area contributed by atoms with Crippen LogP contribution in [0.25, 0.3) is 0 Å². The number of thiophene rings is 1. The van der Waals surface area contributed by atoms with Crippen molar-refractivity contribution < 1.29 is 0 Å². The molecule has 1 aromatic carbocycles. The van der Waals surface area contributed by atoms with Gasteiger partial charge in [0.05, 0.1) is 0 Å². The van der Waals surface area contributed by atoms with E-state index in [4.69, 9.17) is 5.73 Å². The first-order chi connectivity index (χ1) is 8.81. The van der Waals surface area contributed by atoms with Gasteiger partial charge < -0.3 is 5.73 Å². The first kappa shape index (κ1) is 13.3. The summed E-state index contributed by atoms with van der Waals surface area (Å²) in [5.74, 6) is 0. The van der Waals surface area contributed by atoms with E-state index in [0.29, 0.717) is 6.54 Å². The fourth-order valence-electron chi connectivity index (χ4n) is 2.02. The summed E-state index contributed by atoms with van der Waals surface area (Å²) in [5.41, 5.74) is 8.23. The average molecular weight is 260 g/mol. The summed E-state index contributed by atoms with van der Waals surface area (Å²) in [6, 6.07) is 12.9. The normalized spacial score (nSPS) is 11.1. The largest absolute Gasteiger partial charge is 0.326 e. The van der Waals surface area contributed by atoms with Crippen molar-refractivity contribution in [3.63, 3.8) is 0 Å². The van der Waals surface area contributed by atoms with Crippen molar-refractivity contribution in [2.24, 2.45) is 5.73 Å². The molecule has 1 aromatic heterocycles. The molecule has 18 heavy (non-hydrogen) atoms. The van der Waals surface area contributed by atoms with E-state index in [1.54, 1.807) is 0 Å². The van der Waals surface area contributed by atoms with Crippen molar-refractivity contribution >= 4 is 11.3 Å². The maximum Gasteiger partial charge on any atom is 0.0331 e. The Morgan fingerprint density at radius 1 is 1.11 bits per heavy atom. The van der Waals surface area contributed by atoms with Gasteiger partial charge in [-0.25, -0.2) is 0 Å². The molecule has 0 aliphatic carbocycles. The lowest BCUT2D eigenvalue weighted by molar-refractivity contribution is 0.274. The van der Waals surface area contributed by atoms with Crippen LogP contribution in [0.5, 0.6) is 0 Å². The van der Waals surface area contributed by atoms with Gasteiger partial charge in [0.1, 0.15) is 0 Å². The fraction of sp³-hybridized carbons (Fsp3) is 0.333. The molecule has 0 spiro atoms. The Bertz CT molecular complexity index is 465. The number of nitrogens with two attached hydrogens (primary N) is 1. The van der Waals surface area contributed by atoms with Gasteiger partial charge in [0.2, 0.25) is 0 Å². The highest BCUT2D eigenvalue weighted by atomic mass is 32.1. The standard InChI is InChI=1S/C15H20N2S/c1-2-17(12-15-7-4-8-18-15)11-14-6-3-5-13(9-14)10-16/h3-9H,2,10-12,16H2,1H3. The molecule has 3 heteroatoms. The lowest BCUT2D eigenvalue weighted by Gasteiger charge is -2.20. The zero-order chi connectivity index (χ0) is 12.8. The van der Waals surface area contributed by atoms with E-state index in [9.17, 15) is 0 Å². The first-order valence-corrected chi connectivity index (χ1v) is 7.22. The van der Waals surface area contributed by atoms with Crippen LogP contribution in [0.2, 0.25) is 0 Å². The molecule has 2 nitrogen and oxygen atoms in total. The van der Waals surface area contributed by atoms with Gasteiger partial charge in [0.25, 0.3) is 0 Å². The molecule has 1 heterocycles. The van der Waals surface area contributed by atoms with Crippen molar-refractivity contribution in [3.05, 3.63) is 57.8 Å². The van der Waals surface area contributed by atoms with E-state index in [1.165, 1.54) is 16.0 Å². The predicted molar refractivity (Wildman–Crippen MR) is 78.4 cm³/mol. The number of hydrogen-bond acceptors (Lipinski definition) is 3. The predicted octanol–water partition coefficient (Wildman–Crippen LogP) is 3.23. The lowest BCUT2D eigenvalue weighted by Crippen LogP contribution is -2.21. The molecule has 0 amide bonds. The number of nitrogens with zero attached hydrogens (tertiary/aromatic N) is 1. The summed E-state index contributed by atoms with van der Waals surface area (Å²) in [4.78, 5) is 3.87. The SMILES string of the molecule is CCN(Cc1cccc(CN)c1)Cc1cccs1. The van der Waals surface area contributed by atoms with E-state index in [-0.39, 0.29) is 0 Å². The maximum absolute atomic E-state index is 5.68. The van der Waals surface area contributed by atoms with Gasteiger partial charge >= 0.3 is 0 Å². The molecule has 0 bridgehead atoms.